The molecule has 0 saturated heterocycles. The van der Waals surface area contributed by atoms with Gasteiger partial charge in [-0.3, -0.25) is 18.2 Å². The van der Waals surface area contributed by atoms with E-state index in [9.17, 15) is 5.11 Å². The minimum Gasteiger partial charge on any atom is -1.00 e. The van der Waals surface area contributed by atoms with Crippen molar-refractivity contribution in [1.82, 2.24) is 58.9 Å². The molecule has 2 aromatic carbocycles. The summed E-state index contributed by atoms with van der Waals surface area (Å²) >= 11 is 3.54. The van der Waals surface area contributed by atoms with Crippen LogP contribution in [0.15, 0.2) is 70.2 Å². The predicted octanol–water partition coefficient (Wildman–Crippen LogP) is 4.77. The third-order valence-corrected chi connectivity index (χ3v) is 13.8. The molecule has 18 nitrogen and oxygen atoms in total. The number of hydrogen-bond acceptors (Lipinski definition) is 12. The van der Waals surface area contributed by atoms with E-state index < -0.39 is 0 Å². The quantitative estimate of drug-likeness (QED) is 0.125. The van der Waals surface area contributed by atoms with Crippen molar-refractivity contribution in [3.05, 3.63) is 107 Å². The van der Waals surface area contributed by atoms with Gasteiger partial charge in [-0.25, -0.2) is 9.13 Å². The molecule has 0 amide bonds. The van der Waals surface area contributed by atoms with Gasteiger partial charge in [-0.2, -0.15) is 9.13 Å². The molecule has 0 spiro atoms. The number of rotatable bonds is 8. The fraction of sp³-hybridized carbons (Fsp3) is 0.458. The molecule has 4 aliphatic rings. The third-order valence-electron chi connectivity index (χ3n) is 12.9. The summed E-state index contributed by atoms with van der Waals surface area (Å²) in [6, 6.07) is 12.6. The fourth-order valence-electron chi connectivity index (χ4n) is 9.18. The molecule has 20 heteroatoms. The van der Waals surface area contributed by atoms with Gasteiger partial charge in [0.25, 0.3) is 11.8 Å². The average molecular weight is 998 g/mol. The summed E-state index contributed by atoms with van der Waals surface area (Å²) in [7, 11) is 0. The number of fused-ring (bicyclic) bond motifs is 10. The number of halogens is 1. The van der Waals surface area contributed by atoms with Crippen LogP contribution in [0.1, 0.15) is 139 Å². The van der Waals surface area contributed by atoms with Gasteiger partial charge in [-0.15, -0.1) is 20.4 Å². The second-order valence-corrected chi connectivity index (χ2v) is 19.7. The summed E-state index contributed by atoms with van der Waals surface area (Å²) in [5.74, 6) is 7.38. The van der Waals surface area contributed by atoms with E-state index in [-0.39, 0.29) is 49.4 Å². The number of benzene rings is 2. The molecule has 0 unspecified atom stereocenters. The molecule has 350 valence electrons. The number of ether oxygens (including phenoxy) is 1. The van der Waals surface area contributed by atoms with Crippen molar-refractivity contribution in [1.29, 1.82) is 0 Å². The number of alkyl halides is 1. The van der Waals surface area contributed by atoms with Crippen molar-refractivity contribution in [3.63, 3.8) is 0 Å². The van der Waals surface area contributed by atoms with Crippen molar-refractivity contribution in [2.75, 3.05) is 0 Å². The first-order valence-corrected chi connectivity index (χ1v) is 24.3. The van der Waals surface area contributed by atoms with E-state index >= 15 is 0 Å². The van der Waals surface area contributed by atoms with E-state index in [0.29, 0.717) is 55.3 Å². The Kier molecular flexibility index (Phi) is 14.4. The van der Waals surface area contributed by atoms with Crippen LogP contribution in [0.4, 0.5) is 0 Å². The molecule has 12 rings (SSSR count). The molecule has 0 bridgehead atoms. The minimum absolute atomic E-state index is 0. The summed E-state index contributed by atoms with van der Waals surface area (Å²) in [6.45, 7) is 13.6. The average Bonchev–Trinajstić information content (AvgIpc) is 4.18. The second-order valence-electron chi connectivity index (χ2n) is 18.4. The van der Waals surface area contributed by atoms with Gasteiger partial charge >= 0.3 is 41.5 Å². The molecule has 8 heterocycles. The third kappa shape index (κ3) is 9.44. The molecule has 6 aromatic heterocycles. The van der Waals surface area contributed by atoms with E-state index in [1.165, 1.54) is 44.1 Å². The zero-order valence-corrected chi connectivity index (χ0v) is 43.5. The molecule has 68 heavy (non-hydrogen) atoms. The monoisotopic (exact) mass is 996 g/mol. The Morgan fingerprint density at radius 2 is 1.18 bits per heavy atom. The fourth-order valence-corrected chi connectivity index (χ4v) is 9.83. The Morgan fingerprint density at radius 1 is 0.706 bits per heavy atom. The number of aromatic nitrogens is 14. The number of aryl methyl sites for hydroxylation is 2. The maximum atomic E-state index is 9.75. The first kappa shape index (κ1) is 47.9. The normalized spacial score (nSPS) is 15.0. The number of aliphatic hydroxyl groups is 1. The first-order chi connectivity index (χ1) is 32.5. The second kappa shape index (κ2) is 20.4. The van der Waals surface area contributed by atoms with Gasteiger partial charge in [0.2, 0.25) is 11.6 Å². The predicted molar refractivity (Wildman–Crippen MR) is 249 cm³/mol. The first-order valence-electron chi connectivity index (χ1n) is 23.4. The van der Waals surface area contributed by atoms with Crippen molar-refractivity contribution in [2.45, 2.75) is 142 Å². The van der Waals surface area contributed by atoms with E-state index in [2.05, 4.69) is 114 Å². The smallest absolute Gasteiger partial charge is 1.00 e. The van der Waals surface area contributed by atoms with E-state index in [1.54, 1.807) is 0 Å². The van der Waals surface area contributed by atoms with Crippen LogP contribution in [-0.4, -0.2) is 75.0 Å². The van der Waals surface area contributed by atoms with Crippen molar-refractivity contribution < 1.29 is 59.0 Å². The Hall–Kier alpha value is -5.18. The summed E-state index contributed by atoms with van der Waals surface area (Å²) in [5, 5.41) is 35.8. The standard InChI is InChI=1S/C24H28N7O2.C19H20N7O2.C5H9Br.Na.H/c1-15(2)23-25-24(28-33-23)30-11-10-29-19-9-8-16(3)12-18(19)22-27-26-20(31(22)13-21(29)30)14-32-17-6-4-5-7-17;1-11(2)18-20-19(23-28-18)25-7-6-24-14-5-4-12(3)8-13(14)17-22-21-15(10-27)26(17)9-16(24)25;6-5-3-1-2-4-5;;/h8-12,15,17H,4-7,13-14H2,1-3H3;4-8,11,27H,9-10H2,1-3H3;5H,1-4H2;;/q2*+1;;+1;-1. The SMILES string of the molecule is BrC1CCCC1.Cc1ccc2c(c1)-c1nnc(CO)n1Cc1n-2cc[n+]1-c1noc(C(C)C)n1.Cc1ccc2c(c1)-c1nnc(COC3CCCC3)n1Cc1n-2cc[n+]1-c1noc(C(C)C)n1.[H-].[Na+]. The minimum atomic E-state index is -0.186. The van der Waals surface area contributed by atoms with Crippen molar-refractivity contribution in [2.24, 2.45) is 0 Å². The molecule has 8 aromatic rings. The van der Waals surface area contributed by atoms with Crippen LogP contribution in [0, 0.1) is 13.8 Å². The Morgan fingerprint density at radius 3 is 1.62 bits per heavy atom. The van der Waals surface area contributed by atoms with Crippen molar-refractivity contribution >= 4 is 15.9 Å². The molecule has 0 radical (unpaired) electrons. The summed E-state index contributed by atoms with van der Waals surface area (Å²) in [5.41, 5.74) is 6.35. The molecule has 0 atom stereocenters. The summed E-state index contributed by atoms with van der Waals surface area (Å²) in [6.07, 6.45) is 18.7. The van der Waals surface area contributed by atoms with Crippen LogP contribution >= 0.6 is 15.9 Å². The zero-order chi connectivity index (χ0) is 46.3. The molecular formula is C48H58BrN14NaO4+2. The van der Waals surface area contributed by atoms with E-state index in [4.69, 9.17) is 13.8 Å². The summed E-state index contributed by atoms with van der Waals surface area (Å²) < 4.78 is 29.3. The van der Waals surface area contributed by atoms with E-state index in [0.717, 1.165) is 74.9 Å². The van der Waals surface area contributed by atoms with Crippen molar-refractivity contribution in [3.8, 4) is 46.0 Å². The van der Waals surface area contributed by atoms with Gasteiger partial charge in [0.05, 0.1) is 52.3 Å². The molecule has 2 aliphatic carbocycles. The van der Waals surface area contributed by atoms with Gasteiger partial charge in [0, 0.05) is 16.7 Å². The number of nitrogens with zero attached hydrogens (tertiary/aromatic N) is 14. The van der Waals surface area contributed by atoms with Gasteiger partial charge in [-0.05, 0) is 63.8 Å². The Bertz CT molecular complexity index is 3030. The molecule has 2 fully saturated rings. The topological polar surface area (TPSA) is 186 Å². The molecular weight excluding hydrogens is 940 g/mol. The Balaban J connectivity index is 0.000000163. The number of imidazole rings is 2. The van der Waals surface area contributed by atoms with Gasteiger partial charge in [-0.1, -0.05) is 103 Å². The van der Waals surface area contributed by atoms with Crippen LogP contribution in [-0.2, 0) is 31.0 Å². The summed E-state index contributed by atoms with van der Waals surface area (Å²) in [4.78, 5) is 10.0. The largest absolute Gasteiger partial charge is 1.00 e. The van der Waals surface area contributed by atoms with Crippen LogP contribution in [0.25, 0.3) is 46.0 Å². The Labute approximate surface area is 426 Å². The zero-order valence-electron chi connectivity index (χ0n) is 40.9. The maximum absolute atomic E-state index is 9.75. The number of aliphatic hydroxyl groups excluding tert-OH is 1. The van der Waals surface area contributed by atoms with Crippen LogP contribution in [0.2, 0.25) is 0 Å². The van der Waals surface area contributed by atoms with Crippen LogP contribution in [0.5, 0.6) is 0 Å². The molecule has 2 saturated carbocycles. The van der Waals surface area contributed by atoms with Gasteiger partial charge in [0.1, 0.15) is 37.7 Å². The number of hydrogen-bond donors (Lipinski definition) is 1. The molecule has 1 N–H and O–H groups in total. The van der Waals surface area contributed by atoms with E-state index in [1.807, 2.05) is 73.1 Å². The molecule has 2 aliphatic heterocycles. The van der Waals surface area contributed by atoms with Gasteiger partial charge in [0.15, 0.2) is 23.3 Å². The van der Waals surface area contributed by atoms with Crippen LogP contribution in [0.3, 0.4) is 0 Å². The van der Waals surface area contributed by atoms with Gasteiger partial charge < -0.3 is 11.3 Å². The maximum Gasteiger partial charge on any atom is 1.00 e. The van der Waals surface area contributed by atoms with Crippen LogP contribution < -0.4 is 38.7 Å².